The number of amides is 1. The molecule has 3 heteroatoms. The van der Waals surface area contributed by atoms with Crippen LogP contribution >= 0.6 is 0 Å². The maximum atomic E-state index is 12.2. The van der Waals surface area contributed by atoms with Crippen molar-refractivity contribution < 1.29 is 4.79 Å². The molecule has 0 heterocycles. The molecule has 0 aliphatic carbocycles. The van der Waals surface area contributed by atoms with Crippen LogP contribution in [0.4, 0.5) is 5.69 Å². The number of nitrogens with zero attached hydrogens (tertiary/aromatic N) is 1. The number of nitrogen functional groups attached to an aromatic ring is 1. The quantitative estimate of drug-likeness (QED) is 0.814. The molecule has 0 atom stereocenters. The van der Waals surface area contributed by atoms with Crippen molar-refractivity contribution in [1.29, 1.82) is 0 Å². The first kappa shape index (κ1) is 13.6. The van der Waals surface area contributed by atoms with Crippen molar-refractivity contribution in [2.75, 3.05) is 19.3 Å². The van der Waals surface area contributed by atoms with Gasteiger partial charge in [0.2, 0.25) is 0 Å². The van der Waals surface area contributed by atoms with Crippen LogP contribution in [0.25, 0.3) is 0 Å². The molecule has 0 aliphatic heterocycles. The molecule has 3 nitrogen and oxygen atoms in total. The van der Waals surface area contributed by atoms with Crippen LogP contribution in [-0.4, -0.2) is 24.4 Å². The predicted octanol–water partition coefficient (Wildman–Crippen LogP) is 2.70. The Balaban J connectivity index is 2.82. The van der Waals surface area contributed by atoms with E-state index in [1.54, 1.807) is 11.0 Å². The second kappa shape index (κ2) is 5.71. The zero-order valence-electron chi connectivity index (χ0n) is 11.2. The smallest absolute Gasteiger partial charge is 0.255 e. The summed E-state index contributed by atoms with van der Waals surface area (Å²) in [5.74, 6) is 0.612. The zero-order valence-corrected chi connectivity index (χ0v) is 11.2. The molecule has 0 aromatic heterocycles. The van der Waals surface area contributed by atoms with Gasteiger partial charge >= 0.3 is 0 Å². The summed E-state index contributed by atoms with van der Waals surface area (Å²) in [5.41, 5.74) is 8.00. The second-order valence-corrected chi connectivity index (χ2v) is 4.95. The third-order valence-corrected chi connectivity index (χ3v) is 2.91. The summed E-state index contributed by atoms with van der Waals surface area (Å²) < 4.78 is 0. The van der Waals surface area contributed by atoms with Crippen LogP contribution in [0.2, 0.25) is 0 Å². The molecule has 0 spiro atoms. The lowest BCUT2D eigenvalue weighted by molar-refractivity contribution is 0.0789. The highest BCUT2D eigenvalue weighted by molar-refractivity contribution is 6.00. The van der Waals surface area contributed by atoms with Crippen LogP contribution < -0.4 is 5.73 Å². The normalized spacial score (nSPS) is 10.6. The Morgan fingerprint density at radius 2 is 2.06 bits per heavy atom. The highest BCUT2D eigenvalue weighted by Crippen LogP contribution is 2.18. The Hall–Kier alpha value is -1.51. The summed E-state index contributed by atoms with van der Waals surface area (Å²) in [4.78, 5) is 14.0. The Labute approximate surface area is 104 Å². The average molecular weight is 234 g/mol. The van der Waals surface area contributed by atoms with Crippen molar-refractivity contribution >= 4 is 11.6 Å². The predicted molar refractivity (Wildman–Crippen MR) is 72.0 cm³/mol. The van der Waals surface area contributed by atoms with Crippen molar-refractivity contribution in [1.82, 2.24) is 4.90 Å². The van der Waals surface area contributed by atoms with Crippen LogP contribution in [-0.2, 0) is 0 Å². The maximum Gasteiger partial charge on any atom is 0.255 e. The zero-order chi connectivity index (χ0) is 13.0. The van der Waals surface area contributed by atoms with Gasteiger partial charge in [-0.25, -0.2) is 0 Å². The Kier molecular flexibility index (Phi) is 4.55. The fourth-order valence-electron chi connectivity index (χ4n) is 1.73. The molecule has 1 aromatic carbocycles. The molecule has 1 amide bonds. The lowest BCUT2D eigenvalue weighted by atomic mass is 10.0. The maximum absolute atomic E-state index is 12.2. The number of nitrogens with two attached hydrogens (primary N) is 1. The largest absolute Gasteiger partial charge is 0.398 e. The minimum Gasteiger partial charge on any atom is -0.398 e. The van der Waals surface area contributed by atoms with E-state index in [2.05, 4.69) is 13.8 Å². The minimum atomic E-state index is 0.0150. The molecular formula is C14H22N2O. The molecule has 0 bridgehead atoms. The first-order valence-electron chi connectivity index (χ1n) is 6.04. The first-order valence-corrected chi connectivity index (χ1v) is 6.04. The molecule has 0 saturated heterocycles. The summed E-state index contributed by atoms with van der Waals surface area (Å²) in [6.45, 7) is 6.99. The number of carbonyl (C=O) groups excluding carboxylic acids is 1. The van der Waals surface area contributed by atoms with Gasteiger partial charge in [0.25, 0.3) is 5.91 Å². The molecule has 17 heavy (non-hydrogen) atoms. The second-order valence-electron chi connectivity index (χ2n) is 4.95. The van der Waals surface area contributed by atoms with Crippen molar-refractivity contribution in [3.63, 3.8) is 0 Å². The van der Waals surface area contributed by atoms with Crippen LogP contribution in [0, 0.1) is 12.8 Å². The van der Waals surface area contributed by atoms with Gasteiger partial charge in [-0.15, -0.1) is 0 Å². The highest BCUT2D eigenvalue weighted by atomic mass is 16.2. The molecule has 1 aromatic rings. The molecule has 0 saturated carbocycles. The average Bonchev–Trinajstić information content (AvgIpc) is 2.25. The van der Waals surface area contributed by atoms with Gasteiger partial charge in [0.05, 0.1) is 5.56 Å². The summed E-state index contributed by atoms with van der Waals surface area (Å²) in [6.07, 6.45) is 1.01. The van der Waals surface area contributed by atoms with E-state index in [0.29, 0.717) is 17.2 Å². The van der Waals surface area contributed by atoms with E-state index in [4.69, 9.17) is 5.73 Å². The standard InChI is InChI=1S/C14H22N2O/c1-10(2)8-9-16(4)14(17)13-11(3)6-5-7-12(13)15/h5-7,10H,8-9,15H2,1-4H3. The van der Waals surface area contributed by atoms with E-state index in [9.17, 15) is 4.79 Å². The Morgan fingerprint density at radius 3 is 2.59 bits per heavy atom. The number of aryl methyl sites for hydroxylation is 1. The van der Waals surface area contributed by atoms with Crippen molar-refractivity contribution in [2.24, 2.45) is 5.92 Å². The molecule has 1 rings (SSSR count). The molecule has 0 aliphatic rings. The summed E-state index contributed by atoms with van der Waals surface area (Å²) >= 11 is 0. The lowest BCUT2D eigenvalue weighted by Gasteiger charge is -2.20. The van der Waals surface area contributed by atoms with E-state index < -0.39 is 0 Å². The number of hydrogen-bond acceptors (Lipinski definition) is 2. The Morgan fingerprint density at radius 1 is 1.41 bits per heavy atom. The minimum absolute atomic E-state index is 0.0150. The number of hydrogen-bond donors (Lipinski definition) is 1. The van der Waals surface area contributed by atoms with Gasteiger partial charge in [-0.3, -0.25) is 4.79 Å². The lowest BCUT2D eigenvalue weighted by Crippen LogP contribution is -2.29. The monoisotopic (exact) mass is 234 g/mol. The van der Waals surface area contributed by atoms with Crippen LogP contribution in [0.15, 0.2) is 18.2 Å². The molecule has 94 valence electrons. The van der Waals surface area contributed by atoms with Crippen LogP contribution in [0.5, 0.6) is 0 Å². The molecule has 0 fully saturated rings. The summed E-state index contributed by atoms with van der Waals surface area (Å²) in [5, 5.41) is 0. The van der Waals surface area contributed by atoms with Crippen molar-refractivity contribution in [3.8, 4) is 0 Å². The molecule has 0 radical (unpaired) electrons. The van der Waals surface area contributed by atoms with Gasteiger partial charge in [0.15, 0.2) is 0 Å². The Bertz CT molecular complexity index is 379. The van der Waals surface area contributed by atoms with Crippen molar-refractivity contribution in [2.45, 2.75) is 27.2 Å². The molecule has 2 N–H and O–H groups in total. The van der Waals surface area contributed by atoms with E-state index in [0.717, 1.165) is 18.5 Å². The van der Waals surface area contributed by atoms with E-state index in [1.807, 2.05) is 26.1 Å². The van der Waals surface area contributed by atoms with Gasteiger partial charge in [-0.1, -0.05) is 26.0 Å². The fraction of sp³-hybridized carbons (Fsp3) is 0.500. The topological polar surface area (TPSA) is 46.3 Å². The van der Waals surface area contributed by atoms with Crippen LogP contribution in [0.1, 0.15) is 36.2 Å². The SMILES string of the molecule is Cc1cccc(N)c1C(=O)N(C)CCC(C)C. The van der Waals surface area contributed by atoms with Crippen molar-refractivity contribution in [3.05, 3.63) is 29.3 Å². The van der Waals surface area contributed by atoms with E-state index >= 15 is 0 Å². The van der Waals surface area contributed by atoms with Gasteiger partial charge < -0.3 is 10.6 Å². The highest BCUT2D eigenvalue weighted by Gasteiger charge is 2.16. The number of rotatable bonds is 4. The fourth-order valence-corrected chi connectivity index (χ4v) is 1.73. The summed E-state index contributed by atoms with van der Waals surface area (Å²) in [6, 6.07) is 5.56. The third kappa shape index (κ3) is 3.48. The van der Waals surface area contributed by atoms with Gasteiger partial charge in [-0.05, 0) is 30.9 Å². The first-order chi connectivity index (χ1) is 7.93. The summed E-state index contributed by atoms with van der Waals surface area (Å²) in [7, 11) is 1.83. The van der Waals surface area contributed by atoms with Gasteiger partial charge in [0, 0.05) is 19.3 Å². The third-order valence-electron chi connectivity index (χ3n) is 2.91. The van der Waals surface area contributed by atoms with Crippen LogP contribution in [0.3, 0.4) is 0 Å². The molecular weight excluding hydrogens is 212 g/mol. The number of benzene rings is 1. The molecule has 0 unspecified atom stereocenters. The van der Waals surface area contributed by atoms with Gasteiger partial charge in [0.1, 0.15) is 0 Å². The van der Waals surface area contributed by atoms with E-state index in [1.165, 1.54) is 0 Å². The number of anilines is 1. The van der Waals surface area contributed by atoms with E-state index in [-0.39, 0.29) is 5.91 Å². The van der Waals surface area contributed by atoms with Gasteiger partial charge in [-0.2, -0.15) is 0 Å². The number of carbonyl (C=O) groups is 1.